The Hall–Kier alpha value is -2.19. The fourth-order valence-corrected chi connectivity index (χ4v) is 5.05. The molecule has 3 aromatic rings. The van der Waals surface area contributed by atoms with E-state index in [1.165, 1.54) is 24.8 Å². The quantitative estimate of drug-likeness (QED) is 0.379. The molecule has 0 spiro atoms. The lowest BCUT2D eigenvalue weighted by atomic mass is 10.1. The van der Waals surface area contributed by atoms with Crippen molar-refractivity contribution >= 4 is 32.9 Å². The van der Waals surface area contributed by atoms with Gasteiger partial charge in [-0.3, -0.25) is 8.75 Å². The number of aryl methyl sites for hydroxylation is 1. The summed E-state index contributed by atoms with van der Waals surface area (Å²) in [4.78, 5) is 12.5. The van der Waals surface area contributed by atoms with E-state index in [1.807, 2.05) is 6.92 Å². The highest BCUT2D eigenvalue weighted by molar-refractivity contribution is 7.86. The maximum atomic E-state index is 12.6. The second-order valence-corrected chi connectivity index (χ2v) is 10.1. The summed E-state index contributed by atoms with van der Waals surface area (Å²) in [6, 6.07) is 6.43. The SMILES string of the molecule is Cc1ccc(S(=O)(=O)OC[C@H]2O[C@@H](n3cnc4c(Cl)ncnc43)[C@@H]3OC(C)(C)O[C@@H]32)cc1.O. The van der Waals surface area contributed by atoms with E-state index >= 15 is 0 Å². The summed E-state index contributed by atoms with van der Waals surface area (Å²) in [5.74, 6) is -0.880. The molecule has 2 saturated heterocycles. The molecule has 0 radical (unpaired) electrons. The average Bonchev–Trinajstić information content (AvgIpc) is 3.38. The van der Waals surface area contributed by atoms with Crippen molar-refractivity contribution < 1.29 is 32.3 Å². The summed E-state index contributed by atoms with van der Waals surface area (Å²) in [5.41, 5.74) is 1.84. The summed E-state index contributed by atoms with van der Waals surface area (Å²) in [6.07, 6.45) is 0.397. The summed E-state index contributed by atoms with van der Waals surface area (Å²) in [7, 11) is -3.97. The Balaban J connectivity index is 0.00000259. The van der Waals surface area contributed by atoms with Crippen LogP contribution in [0.3, 0.4) is 0 Å². The maximum absolute atomic E-state index is 12.6. The molecule has 2 aliphatic heterocycles. The molecule has 2 aromatic heterocycles. The number of hydrogen-bond acceptors (Lipinski definition) is 9. The van der Waals surface area contributed by atoms with E-state index in [0.29, 0.717) is 11.2 Å². The van der Waals surface area contributed by atoms with Crippen molar-refractivity contribution in [2.24, 2.45) is 0 Å². The Labute approximate surface area is 195 Å². The molecule has 4 heterocycles. The van der Waals surface area contributed by atoms with Gasteiger partial charge in [0.1, 0.15) is 30.2 Å². The predicted molar refractivity (Wildman–Crippen MR) is 116 cm³/mol. The van der Waals surface area contributed by atoms with E-state index in [9.17, 15) is 8.42 Å². The molecule has 5 rings (SSSR count). The first kappa shape index (κ1) is 24.0. The number of imidazole rings is 1. The molecule has 0 bridgehead atoms. The van der Waals surface area contributed by atoms with Crippen LogP contribution in [0.4, 0.5) is 0 Å². The van der Waals surface area contributed by atoms with Gasteiger partial charge >= 0.3 is 0 Å². The van der Waals surface area contributed by atoms with E-state index in [4.69, 9.17) is 30.0 Å². The monoisotopic (exact) mass is 498 g/mol. The zero-order chi connectivity index (χ0) is 22.7. The molecule has 0 amide bonds. The van der Waals surface area contributed by atoms with Crippen molar-refractivity contribution in [1.82, 2.24) is 19.5 Å². The number of ether oxygens (including phenoxy) is 3. The van der Waals surface area contributed by atoms with Crippen molar-refractivity contribution in [3.63, 3.8) is 0 Å². The number of aromatic nitrogens is 4. The largest absolute Gasteiger partial charge is 0.412 e. The molecule has 1 aromatic carbocycles. The fourth-order valence-electron chi connectivity index (χ4n) is 3.96. The summed E-state index contributed by atoms with van der Waals surface area (Å²) in [5, 5.41) is 0.219. The van der Waals surface area contributed by atoms with Gasteiger partial charge < -0.3 is 19.7 Å². The van der Waals surface area contributed by atoms with Crippen LogP contribution in [0.15, 0.2) is 41.8 Å². The lowest BCUT2D eigenvalue weighted by Gasteiger charge is -2.24. The number of hydrogen-bond donors (Lipinski definition) is 0. The van der Waals surface area contributed by atoms with Crippen molar-refractivity contribution in [2.45, 2.75) is 56.0 Å². The van der Waals surface area contributed by atoms with Gasteiger partial charge in [-0.25, -0.2) is 15.0 Å². The van der Waals surface area contributed by atoms with Crippen LogP contribution in [0, 0.1) is 6.92 Å². The molecule has 11 nitrogen and oxygen atoms in total. The van der Waals surface area contributed by atoms with Gasteiger partial charge in [-0.05, 0) is 32.9 Å². The van der Waals surface area contributed by atoms with Crippen LogP contribution in [-0.2, 0) is 28.5 Å². The van der Waals surface area contributed by atoms with Crippen LogP contribution >= 0.6 is 11.6 Å². The highest BCUT2D eigenvalue weighted by Gasteiger charge is 2.56. The lowest BCUT2D eigenvalue weighted by molar-refractivity contribution is -0.198. The molecule has 2 fully saturated rings. The lowest BCUT2D eigenvalue weighted by Crippen LogP contribution is -2.33. The molecule has 0 aliphatic carbocycles. The molecular formula is C20H23ClN4O7S. The predicted octanol–water partition coefficient (Wildman–Crippen LogP) is 1.79. The van der Waals surface area contributed by atoms with Crippen LogP contribution in [0.1, 0.15) is 25.6 Å². The third-order valence-corrected chi connectivity index (χ3v) is 6.98. The molecule has 0 saturated carbocycles. The van der Waals surface area contributed by atoms with Gasteiger partial charge in [-0.15, -0.1) is 0 Å². The number of rotatable bonds is 5. The average molecular weight is 499 g/mol. The molecular weight excluding hydrogens is 476 g/mol. The van der Waals surface area contributed by atoms with Gasteiger partial charge in [-0.1, -0.05) is 29.3 Å². The third kappa shape index (κ3) is 4.35. The molecule has 178 valence electrons. The Kier molecular flexibility index (Phi) is 6.20. The van der Waals surface area contributed by atoms with E-state index in [-0.39, 0.29) is 22.1 Å². The topological polar surface area (TPSA) is 146 Å². The van der Waals surface area contributed by atoms with Gasteiger partial charge in [0.2, 0.25) is 0 Å². The second-order valence-electron chi connectivity index (χ2n) is 8.17. The normalized spacial score (nSPS) is 26.3. The molecule has 4 atom stereocenters. The Morgan fingerprint density at radius 3 is 2.55 bits per heavy atom. The minimum atomic E-state index is -3.97. The Morgan fingerprint density at radius 2 is 1.82 bits per heavy atom. The number of benzene rings is 1. The van der Waals surface area contributed by atoms with E-state index in [2.05, 4.69) is 15.0 Å². The van der Waals surface area contributed by atoms with Crippen molar-refractivity contribution in [3.05, 3.63) is 47.6 Å². The smallest absolute Gasteiger partial charge is 0.297 e. The zero-order valence-electron chi connectivity index (χ0n) is 18.0. The van der Waals surface area contributed by atoms with Crippen molar-refractivity contribution in [3.8, 4) is 0 Å². The molecule has 33 heavy (non-hydrogen) atoms. The van der Waals surface area contributed by atoms with Crippen molar-refractivity contribution in [2.75, 3.05) is 6.61 Å². The minimum Gasteiger partial charge on any atom is -0.412 e. The number of fused-ring (bicyclic) bond motifs is 2. The van der Waals surface area contributed by atoms with E-state index < -0.39 is 40.4 Å². The van der Waals surface area contributed by atoms with Crippen molar-refractivity contribution in [1.29, 1.82) is 0 Å². The van der Waals surface area contributed by atoms with E-state index in [0.717, 1.165) is 5.56 Å². The highest BCUT2D eigenvalue weighted by atomic mass is 35.5. The Morgan fingerprint density at radius 1 is 1.12 bits per heavy atom. The summed E-state index contributed by atoms with van der Waals surface area (Å²) in [6.45, 7) is 5.21. The van der Waals surface area contributed by atoms with Gasteiger partial charge in [0.15, 0.2) is 22.8 Å². The van der Waals surface area contributed by atoms with Crippen LogP contribution in [0.25, 0.3) is 11.2 Å². The van der Waals surface area contributed by atoms with Crippen LogP contribution in [0.2, 0.25) is 5.15 Å². The minimum absolute atomic E-state index is 0. The number of nitrogens with zero attached hydrogens (tertiary/aromatic N) is 4. The number of halogens is 1. The summed E-state index contributed by atoms with van der Waals surface area (Å²) < 4.78 is 50.5. The second kappa shape index (κ2) is 8.55. The third-order valence-electron chi connectivity index (χ3n) is 5.41. The van der Waals surface area contributed by atoms with Crippen LogP contribution < -0.4 is 0 Å². The molecule has 13 heteroatoms. The zero-order valence-corrected chi connectivity index (χ0v) is 19.6. The van der Waals surface area contributed by atoms with Crippen LogP contribution in [-0.4, -0.2) is 64.1 Å². The van der Waals surface area contributed by atoms with Gasteiger partial charge in [0.05, 0.1) is 17.8 Å². The van der Waals surface area contributed by atoms with Gasteiger partial charge in [0, 0.05) is 0 Å². The first-order chi connectivity index (χ1) is 15.1. The molecule has 2 N–H and O–H groups in total. The standard InChI is InChI=1S/C20H21ClN4O6S.H2O/c1-11-4-6-12(7-5-11)32(26,27)28-8-13-15-16(31-20(2,3)30-15)19(29-13)25-10-24-14-17(21)22-9-23-18(14)25;/h4-7,9-10,13,15-16,19H,8H2,1-3H3;1H2/t13-,15-,16-,19-;/m1./s1. The Bertz CT molecular complexity index is 1270. The first-order valence-electron chi connectivity index (χ1n) is 9.95. The van der Waals surface area contributed by atoms with Gasteiger partial charge in [-0.2, -0.15) is 8.42 Å². The fraction of sp³-hybridized carbons (Fsp3) is 0.450. The first-order valence-corrected chi connectivity index (χ1v) is 11.7. The van der Waals surface area contributed by atoms with Crippen LogP contribution in [0.5, 0.6) is 0 Å². The molecule has 2 aliphatic rings. The molecule has 0 unspecified atom stereocenters. The highest BCUT2D eigenvalue weighted by Crippen LogP contribution is 2.44. The maximum Gasteiger partial charge on any atom is 0.297 e. The van der Waals surface area contributed by atoms with E-state index in [1.54, 1.807) is 30.5 Å². The van der Waals surface area contributed by atoms with Gasteiger partial charge in [0.25, 0.3) is 10.1 Å². The summed E-state index contributed by atoms with van der Waals surface area (Å²) >= 11 is 6.12.